The van der Waals surface area contributed by atoms with E-state index in [1.165, 1.54) is 6.07 Å². The van der Waals surface area contributed by atoms with Crippen molar-refractivity contribution in [1.82, 2.24) is 9.88 Å². The van der Waals surface area contributed by atoms with Crippen molar-refractivity contribution in [3.8, 4) is 0 Å². The van der Waals surface area contributed by atoms with Crippen LogP contribution < -0.4 is 0 Å². The first-order valence-electron chi connectivity index (χ1n) is 8.58. The van der Waals surface area contributed by atoms with Gasteiger partial charge in [-0.15, -0.1) is 0 Å². The summed E-state index contributed by atoms with van der Waals surface area (Å²) in [6, 6.07) is 10.4. The van der Waals surface area contributed by atoms with Gasteiger partial charge in [0.15, 0.2) is 0 Å². The molecule has 2 aromatic rings. The second kappa shape index (κ2) is 7.88. The lowest BCUT2D eigenvalue weighted by atomic mass is 10.0. The van der Waals surface area contributed by atoms with Gasteiger partial charge in [0, 0.05) is 30.6 Å². The molecule has 3 rings (SSSR count). The quantitative estimate of drug-likeness (QED) is 0.629. The highest BCUT2D eigenvalue weighted by molar-refractivity contribution is 5.80. The number of benzene rings is 1. The molecular formula is C19H21N3O3. The van der Waals surface area contributed by atoms with Crippen LogP contribution in [0.3, 0.4) is 0 Å². The fourth-order valence-electron chi connectivity index (χ4n) is 3.44. The molecule has 1 aliphatic heterocycles. The third-order valence-corrected chi connectivity index (χ3v) is 4.69. The zero-order valence-corrected chi connectivity index (χ0v) is 14.0. The minimum Gasteiger partial charge on any atom is -0.335 e. The maximum Gasteiger partial charge on any atom is 0.273 e. The molecule has 0 bridgehead atoms. The minimum absolute atomic E-state index is 0.00568. The molecule has 25 heavy (non-hydrogen) atoms. The third kappa shape index (κ3) is 4.02. The monoisotopic (exact) mass is 339 g/mol. The van der Waals surface area contributed by atoms with Crippen molar-refractivity contribution in [2.45, 2.75) is 38.1 Å². The van der Waals surface area contributed by atoms with Gasteiger partial charge in [0.25, 0.3) is 5.69 Å². The van der Waals surface area contributed by atoms with Crippen molar-refractivity contribution in [1.29, 1.82) is 0 Å². The number of rotatable bonds is 4. The van der Waals surface area contributed by atoms with Crippen molar-refractivity contribution < 1.29 is 9.72 Å². The van der Waals surface area contributed by atoms with E-state index < -0.39 is 4.92 Å². The molecule has 0 saturated carbocycles. The maximum atomic E-state index is 13.0. The topological polar surface area (TPSA) is 76.3 Å². The van der Waals surface area contributed by atoms with Crippen molar-refractivity contribution in [3.05, 3.63) is 70.0 Å². The Morgan fingerprint density at radius 1 is 1.16 bits per heavy atom. The van der Waals surface area contributed by atoms with Gasteiger partial charge in [-0.2, -0.15) is 0 Å². The molecule has 1 aromatic carbocycles. The summed E-state index contributed by atoms with van der Waals surface area (Å²) >= 11 is 0. The molecule has 6 heteroatoms. The van der Waals surface area contributed by atoms with Crippen LogP contribution in [0.2, 0.25) is 0 Å². The zero-order valence-electron chi connectivity index (χ0n) is 14.0. The molecule has 0 unspecified atom stereocenters. The molecule has 2 heterocycles. The Bertz CT molecular complexity index is 749. The van der Waals surface area contributed by atoms with E-state index in [9.17, 15) is 14.9 Å². The Morgan fingerprint density at radius 2 is 1.92 bits per heavy atom. The van der Waals surface area contributed by atoms with Crippen LogP contribution in [0.5, 0.6) is 0 Å². The van der Waals surface area contributed by atoms with E-state index in [1.54, 1.807) is 30.6 Å². The van der Waals surface area contributed by atoms with Crippen LogP contribution in [0.15, 0.2) is 48.8 Å². The van der Waals surface area contributed by atoms with Crippen LogP contribution in [-0.2, 0) is 11.2 Å². The summed E-state index contributed by atoms with van der Waals surface area (Å²) in [5.74, 6) is -0.0574. The van der Waals surface area contributed by atoms with Gasteiger partial charge in [0.2, 0.25) is 5.91 Å². The first-order chi connectivity index (χ1) is 12.2. The number of carbonyl (C=O) groups is 1. The number of nitro benzene ring substituents is 1. The van der Waals surface area contributed by atoms with Crippen LogP contribution in [-0.4, -0.2) is 27.3 Å². The van der Waals surface area contributed by atoms with E-state index in [1.807, 2.05) is 17.0 Å². The number of carbonyl (C=O) groups excluding carboxylic acids is 1. The Labute approximate surface area is 146 Å². The lowest BCUT2D eigenvalue weighted by Crippen LogP contribution is -2.36. The van der Waals surface area contributed by atoms with Gasteiger partial charge in [0.1, 0.15) is 0 Å². The normalized spacial score (nSPS) is 17.8. The highest BCUT2D eigenvalue weighted by atomic mass is 16.6. The van der Waals surface area contributed by atoms with Crippen molar-refractivity contribution in [3.63, 3.8) is 0 Å². The predicted octanol–water partition coefficient (Wildman–Crippen LogP) is 3.68. The number of likely N-dealkylation sites (tertiary alicyclic amines) is 1. The van der Waals surface area contributed by atoms with Gasteiger partial charge in [-0.1, -0.05) is 31.0 Å². The van der Waals surface area contributed by atoms with E-state index in [4.69, 9.17) is 0 Å². The van der Waals surface area contributed by atoms with Crippen LogP contribution in [0.1, 0.15) is 42.9 Å². The summed E-state index contributed by atoms with van der Waals surface area (Å²) in [6.07, 6.45) is 7.57. The fourth-order valence-corrected chi connectivity index (χ4v) is 3.44. The number of nitrogens with zero attached hydrogens (tertiary/aromatic N) is 3. The molecule has 1 aromatic heterocycles. The second-order valence-electron chi connectivity index (χ2n) is 6.30. The Morgan fingerprint density at radius 3 is 2.68 bits per heavy atom. The average molecular weight is 339 g/mol. The van der Waals surface area contributed by atoms with Gasteiger partial charge >= 0.3 is 0 Å². The van der Waals surface area contributed by atoms with Gasteiger partial charge < -0.3 is 4.90 Å². The SMILES string of the molecule is O=C(Cc1ccccc1[N+](=O)[O-])N1CCCCC[C@H]1c1ccncc1. The van der Waals surface area contributed by atoms with E-state index in [0.717, 1.165) is 31.2 Å². The Hall–Kier alpha value is -2.76. The van der Waals surface area contributed by atoms with E-state index in [0.29, 0.717) is 12.1 Å². The Balaban J connectivity index is 1.84. The van der Waals surface area contributed by atoms with Crippen molar-refractivity contribution in [2.75, 3.05) is 6.54 Å². The van der Waals surface area contributed by atoms with E-state index in [2.05, 4.69) is 4.98 Å². The summed E-state index contributed by atoms with van der Waals surface area (Å²) in [7, 11) is 0. The second-order valence-corrected chi connectivity index (χ2v) is 6.30. The van der Waals surface area contributed by atoms with Crippen LogP contribution in [0.4, 0.5) is 5.69 Å². The molecule has 1 amide bonds. The molecule has 1 atom stereocenters. The van der Waals surface area contributed by atoms with Gasteiger partial charge in [-0.05, 0) is 30.5 Å². The largest absolute Gasteiger partial charge is 0.335 e. The standard InChI is InChI=1S/C19H21N3O3/c23-19(14-16-6-3-4-8-18(16)22(24)25)21-13-5-1-2-7-17(21)15-9-11-20-12-10-15/h3-4,6,8-12,17H,1-2,5,7,13-14H2/t17-/m0/s1. The predicted molar refractivity (Wildman–Crippen MR) is 94.0 cm³/mol. The molecule has 1 aliphatic rings. The van der Waals surface area contributed by atoms with Crippen LogP contribution in [0.25, 0.3) is 0 Å². The maximum absolute atomic E-state index is 13.0. The number of nitro groups is 1. The Kier molecular flexibility index (Phi) is 5.38. The molecule has 1 fully saturated rings. The molecule has 130 valence electrons. The van der Waals surface area contributed by atoms with E-state index >= 15 is 0 Å². The van der Waals surface area contributed by atoms with Gasteiger partial charge in [0.05, 0.1) is 17.4 Å². The zero-order chi connectivity index (χ0) is 17.6. The number of aromatic nitrogens is 1. The number of amides is 1. The first-order valence-corrected chi connectivity index (χ1v) is 8.58. The fraction of sp³-hybridized carbons (Fsp3) is 0.368. The molecule has 0 N–H and O–H groups in total. The smallest absolute Gasteiger partial charge is 0.273 e. The van der Waals surface area contributed by atoms with Crippen molar-refractivity contribution >= 4 is 11.6 Å². The van der Waals surface area contributed by atoms with Gasteiger partial charge in [-0.3, -0.25) is 19.9 Å². The van der Waals surface area contributed by atoms with E-state index in [-0.39, 0.29) is 24.1 Å². The summed E-state index contributed by atoms with van der Waals surface area (Å²) in [5, 5.41) is 11.2. The van der Waals surface area contributed by atoms with Crippen LogP contribution in [0, 0.1) is 10.1 Å². The summed E-state index contributed by atoms with van der Waals surface area (Å²) < 4.78 is 0. The molecule has 0 radical (unpaired) electrons. The highest BCUT2D eigenvalue weighted by Gasteiger charge is 2.28. The minimum atomic E-state index is -0.425. The third-order valence-electron chi connectivity index (χ3n) is 4.69. The summed E-state index contributed by atoms with van der Waals surface area (Å²) in [6.45, 7) is 0.687. The van der Waals surface area contributed by atoms with Crippen molar-refractivity contribution in [2.24, 2.45) is 0 Å². The molecule has 0 aliphatic carbocycles. The average Bonchev–Trinajstić information content (AvgIpc) is 2.89. The highest BCUT2D eigenvalue weighted by Crippen LogP contribution is 2.31. The molecule has 0 spiro atoms. The lowest BCUT2D eigenvalue weighted by Gasteiger charge is -2.30. The lowest BCUT2D eigenvalue weighted by molar-refractivity contribution is -0.385. The van der Waals surface area contributed by atoms with Crippen LogP contribution >= 0.6 is 0 Å². The number of para-hydroxylation sites is 1. The number of hydrogen-bond acceptors (Lipinski definition) is 4. The first kappa shape index (κ1) is 17.1. The summed E-state index contributed by atoms with van der Waals surface area (Å²) in [4.78, 5) is 29.7. The molecule has 6 nitrogen and oxygen atoms in total. The molecular weight excluding hydrogens is 318 g/mol. The summed E-state index contributed by atoms with van der Waals surface area (Å²) in [5.41, 5.74) is 1.55. The number of hydrogen-bond donors (Lipinski definition) is 0. The van der Waals surface area contributed by atoms with Gasteiger partial charge in [-0.25, -0.2) is 0 Å². The number of pyridine rings is 1. The molecule has 1 saturated heterocycles.